The van der Waals surface area contributed by atoms with Crippen LogP contribution in [0.15, 0.2) is 45.5 Å². The minimum Gasteiger partial charge on any atom is -0.483 e. The molecule has 1 aliphatic rings. The number of nitrogens with two attached hydrogens (primary N) is 2. The smallest absolute Gasteiger partial charge is 0.338 e. The van der Waals surface area contributed by atoms with Crippen LogP contribution in [-0.2, 0) is 19.1 Å². The van der Waals surface area contributed by atoms with Crippen molar-refractivity contribution in [3.05, 3.63) is 51.0 Å². The average molecular weight is 436 g/mol. The molecule has 0 spiro atoms. The van der Waals surface area contributed by atoms with Gasteiger partial charge in [0.05, 0.1) is 18.1 Å². The number of ether oxygens (including phenoxy) is 3. The van der Waals surface area contributed by atoms with Gasteiger partial charge in [0, 0.05) is 10.0 Å². The van der Waals surface area contributed by atoms with Crippen LogP contribution >= 0.6 is 15.9 Å². The summed E-state index contributed by atoms with van der Waals surface area (Å²) in [6.07, 6.45) is 0. The number of nitrogens with zero attached hydrogens (tertiary/aromatic N) is 1. The summed E-state index contributed by atoms with van der Waals surface area (Å²) < 4.78 is 16.6. The third-order valence-corrected chi connectivity index (χ3v) is 4.25. The summed E-state index contributed by atoms with van der Waals surface area (Å²) in [5.74, 6) is -1.81. The molecule has 142 valence electrons. The molecule has 0 radical (unpaired) electrons. The Morgan fingerprint density at radius 1 is 1.41 bits per heavy atom. The molecule has 8 nitrogen and oxygen atoms in total. The number of hydrogen-bond acceptors (Lipinski definition) is 7. The van der Waals surface area contributed by atoms with Crippen LogP contribution in [0.4, 0.5) is 0 Å². The van der Waals surface area contributed by atoms with Crippen molar-refractivity contribution in [2.75, 3.05) is 13.2 Å². The highest BCUT2D eigenvalue weighted by Gasteiger charge is 2.38. The molecule has 0 aliphatic carbocycles. The zero-order valence-corrected chi connectivity index (χ0v) is 16.3. The highest BCUT2D eigenvalue weighted by Crippen LogP contribution is 2.43. The number of esters is 1. The fourth-order valence-electron chi connectivity index (χ4n) is 2.69. The number of carbonyl (C=O) groups excluding carboxylic acids is 2. The van der Waals surface area contributed by atoms with Crippen molar-refractivity contribution in [1.82, 2.24) is 0 Å². The lowest BCUT2D eigenvalue weighted by atomic mass is 9.82. The number of hydrogen-bond donors (Lipinski definition) is 2. The number of rotatable bonds is 6. The molecule has 0 fully saturated rings. The van der Waals surface area contributed by atoms with Crippen LogP contribution < -0.4 is 16.2 Å². The Morgan fingerprint density at radius 3 is 2.70 bits per heavy atom. The number of carbonyl (C=O) groups is 2. The lowest BCUT2D eigenvalue weighted by Crippen LogP contribution is -2.26. The second kappa shape index (κ2) is 8.60. The standard InChI is InChI=1S/C18H18BrN3O5/c1-3-25-18(24)15-9(2)27-17(22)12(7-20)16(15)11-6-10(19)4-5-13(11)26-8-14(21)23/h4-6,16H,3,8,22H2,1-2H3,(H2,21,23). The largest absolute Gasteiger partial charge is 0.483 e. The molecule has 27 heavy (non-hydrogen) atoms. The van der Waals surface area contributed by atoms with Crippen LogP contribution in [0.3, 0.4) is 0 Å². The van der Waals surface area contributed by atoms with Gasteiger partial charge in [-0.15, -0.1) is 0 Å². The van der Waals surface area contributed by atoms with E-state index in [0.29, 0.717) is 10.0 Å². The molecule has 1 amide bonds. The Labute approximate surface area is 164 Å². The van der Waals surface area contributed by atoms with Crippen molar-refractivity contribution in [2.45, 2.75) is 19.8 Å². The summed E-state index contributed by atoms with van der Waals surface area (Å²) in [7, 11) is 0. The molecule has 1 aromatic rings. The lowest BCUT2D eigenvalue weighted by molar-refractivity contribution is -0.139. The summed E-state index contributed by atoms with van der Waals surface area (Å²) >= 11 is 3.36. The molecule has 1 aromatic carbocycles. The summed E-state index contributed by atoms with van der Waals surface area (Å²) in [6.45, 7) is 3.01. The number of benzene rings is 1. The van der Waals surface area contributed by atoms with Crippen molar-refractivity contribution in [3.8, 4) is 11.8 Å². The van der Waals surface area contributed by atoms with Gasteiger partial charge in [-0.25, -0.2) is 4.79 Å². The highest BCUT2D eigenvalue weighted by molar-refractivity contribution is 9.10. The average Bonchev–Trinajstić information content (AvgIpc) is 2.60. The molecule has 0 aromatic heterocycles. The van der Waals surface area contributed by atoms with Crippen LogP contribution in [0.1, 0.15) is 25.3 Å². The van der Waals surface area contributed by atoms with Crippen LogP contribution in [0, 0.1) is 11.3 Å². The molecule has 9 heteroatoms. The normalized spacial score (nSPS) is 16.4. The predicted octanol–water partition coefficient (Wildman–Crippen LogP) is 1.96. The van der Waals surface area contributed by atoms with Crippen molar-refractivity contribution in [3.63, 3.8) is 0 Å². The molecule has 2 rings (SSSR count). The van der Waals surface area contributed by atoms with E-state index in [1.165, 1.54) is 0 Å². The minimum atomic E-state index is -0.886. The first kappa shape index (κ1) is 20.3. The number of halogens is 1. The number of amides is 1. The Morgan fingerprint density at radius 2 is 2.11 bits per heavy atom. The maximum absolute atomic E-state index is 12.6. The second-order valence-electron chi connectivity index (χ2n) is 5.55. The molecule has 0 saturated heterocycles. The second-order valence-corrected chi connectivity index (χ2v) is 6.47. The van der Waals surface area contributed by atoms with Crippen LogP contribution in [0.2, 0.25) is 0 Å². The van der Waals surface area contributed by atoms with Gasteiger partial charge in [-0.3, -0.25) is 4.79 Å². The van der Waals surface area contributed by atoms with E-state index >= 15 is 0 Å². The molecular weight excluding hydrogens is 418 g/mol. The van der Waals surface area contributed by atoms with Crippen LogP contribution in [0.5, 0.6) is 5.75 Å². The van der Waals surface area contributed by atoms with Crippen molar-refractivity contribution in [1.29, 1.82) is 5.26 Å². The third-order valence-electron chi connectivity index (χ3n) is 3.75. The van der Waals surface area contributed by atoms with E-state index in [1.54, 1.807) is 32.0 Å². The van der Waals surface area contributed by atoms with Gasteiger partial charge in [0.1, 0.15) is 23.2 Å². The first-order valence-electron chi connectivity index (χ1n) is 7.96. The van der Waals surface area contributed by atoms with Gasteiger partial charge in [0.15, 0.2) is 6.61 Å². The minimum absolute atomic E-state index is 0.0330. The van der Waals surface area contributed by atoms with Gasteiger partial charge in [-0.1, -0.05) is 15.9 Å². The summed E-state index contributed by atoms with van der Waals surface area (Å²) in [5.41, 5.74) is 11.6. The van der Waals surface area contributed by atoms with Gasteiger partial charge >= 0.3 is 5.97 Å². The fraction of sp³-hybridized carbons (Fsp3) is 0.278. The van der Waals surface area contributed by atoms with Crippen molar-refractivity contribution in [2.24, 2.45) is 11.5 Å². The molecular formula is C18H18BrN3O5. The Bertz CT molecular complexity index is 885. The Hall–Kier alpha value is -2.99. The SMILES string of the molecule is CCOC(=O)C1=C(C)OC(N)=C(C#N)C1c1cc(Br)ccc1OCC(N)=O. The zero-order valence-electron chi connectivity index (χ0n) is 14.7. The molecule has 1 unspecified atom stereocenters. The molecule has 0 saturated carbocycles. The third kappa shape index (κ3) is 4.41. The fourth-order valence-corrected chi connectivity index (χ4v) is 3.07. The molecule has 0 bridgehead atoms. The Kier molecular flexibility index (Phi) is 6.47. The maximum Gasteiger partial charge on any atom is 0.338 e. The number of primary amides is 1. The summed E-state index contributed by atoms with van der Waals surface area (Å²) in [5, 5.41) is 9.62. The monoisotopic (exact) mass is 435 g/mol. The summed E-state index contributed by atoms with van der Waals surface area (Å²) in [4.78, 5) is 23.7. The molecule has 1 aliphatic heterocycles. The van der Waals surface area contributed by atoms with Crippen molar-refractivity contribution < 1.29 is 23.8 Å². The highest BCUT2D eigenvalue weighted by atomic mass is 79.9. The van der Waals surface area contributed by atoms with E-state index in [-0.39, 0.29) is 41.8 Å². The maximum atomic E-state index is 12.6. The predicted molar refractivity (Wildman–Crippen MR) is 98.8 cm³/mol. The zero-order chi connectivity index (χ0) is 20.1. The first-order chi connectivity index (χ1) is 12.8. The van der Waals surface area contributed by atoms with Gasteiger partial charge in [-0.05, 0) is 32.0 Å². The van der Waals surface area contributed by atoms with Gasteiger partial charge < -0.3 is 25.7 Å². The summed E-state index contributed by atoms with van der Waals surface area (Å²) in [6, 6.07) is 6.95. The number of nitriles is 1. The van der Waals surface area contributed by atoms with Gasteiger partial charge in [0.2, 0.25) is 5.88 Å². The van der Waals surface area contributed by atoms with E-state index < -0.39 is 17.8 Å². The first-order valence-corrected chi connectivity index (χ1v) is 8.75. The lowest BCUT2D eigenvalue weighted by Gasteiger charge is -2.28. The molecule has 1 atom stereocenters. The van der Waals surface area contributed by atoms with Gasteiger partial charge in [0.25, 0.3) is 5.91 Å². The molecule has 4 N–H and O–H groups in total. The van der Waals surface area contributed by atoms with E-state index in [0.717, 1.165) is 0 Å². The molecule has 1 heterocycles. The van der Waals surface area contributed by atoms with Crippen LogP contribution in [-0.4, -0.2) is 25.1 Å². The van der Waals surface area contributed by atoms with E-state index in [2.05, 4.69) is 15.9 Å². The topological polar surface area (TPSA) is 138 Å². The van der Waals surface area contributed by atoms with E-state index in [4.69, 9.17) is 25.7 Å². The van der Waals surface area contributed by atoms with Crippen LogP contribution in [0.25, 0.3) is 0 Å². The Balaban J connectivity index is 2.67. The van der Waals surface area contributed by atoms with Gasteiger partial charge in [-0.2, -0.15) is 5.26 Å². The van der Waals surface area contributed by atoms with E-state index in [1.807, 2.05) is 6.07 Å². The van der Waals surface area contributed by atoms with Crippen molar-refractivity contribution >= 4 is 27.8 Å². The van der Waals surface area contributed by atoms with E-state index in [9.17, 15) is 14.9 Å². The number of allylic oxidation sites excluding steroid dienone is 2. The quantitative estimate of drug-likeness (QED) is 0.650.